The number of esters is 1. The standard InChI is InChI=1S/C14H11BrClNO3S/c1-20-14(19)12-10(8-2-4-9(15)5-3-8)7-21-13(12)17-11(18)6-16/h2-5,7H,6H2,1H3,(H,17,18). The van der Waals surface area contributed by atoms with E-state index in [1.807, 2.05) is 24.3 Å². The highest BCUT2D eigenvalue weighted by atomic mass is 79.9. The Balaban J connectivity index is 2.48. The number of hydrogen-bond acceptors (Lipinski definition) is 4. The van der Waals surface area contributed by atoms with Gasteiger partial charge in [-0.15, -0.1) is 22.9 Å². The fourth-order valence-corrected chi connectivity index (χ4v) is 3.06. The Kier molecular flexibility index (Phi) is 5.39. The average molecular weight is 389 g/mol. The fourth-order valence-electron chi connectivity index (χ4n) is 1.76. The second-order valence-corrected chi connectivity index (χ2v) is 6.10. The topological polar surface area (TPSA) is 55.4 Å². The summed E-state index contributed by atoms with van der Waals surface area (Å²) in [6, 6.07) is 7.52. The number of alkyl halides is 1. The summed E-state index contributed by atoms with van der Waals surface area (Å²) >= 11 is 10.1. The van der Waals surface area contributed by atoms with Crippen LogP contribution in [0, 0.1) is 0 Å². The number of rotatable bonds is 4. The molecule has 21 heavy (non-hydrogen) atoms. The van der Waals surface area contributed by atoms with Gasteiger partial charge in [0.15, 0.2) is 0 Å². The lowest BCUT2D eigenvalue weighted by Crippen LogP contribution is -2.14. The van der Waals surface area contributed by atoms with Crippen LogP contribution in [0.25, 0.3) is 11.1 Å². The molecule has 1 aromatic carbocycles. The third-order valence-corrected chi connectivity index (χ3v) is 4.38. The molecule has 0 unspecified atom stereocenters. The molecule has 110 valence electrons. The van der Waals surface area contributed by atoms with Gasteiger partial charge < -0.3 is 10.1 Å². The number of carbonyl (C=O) groups is 2. The molecule has 2 rings (SSSR count). The SMILES string of the molecule is COC(=O)c1c(-c2ccc(Br)cc2)csc1NC(=O)CCl. The number of methoxy groups -OCH3 is 1. The molecule has 0 fully saturated rings. The van der Waals surface area contributed by atoms with E-state index in [1.165, 1.54) is 18.4 Å². The number of anilines is 1. The smallest absolute Gasteiger partial charge is 0.341 e. The van der Waals surface area contributed by atoms with Crippen molar-refractivity contribution in [3.63, 3.8) is 0 Å². The predicted molar refractivity (Wildman–Crippen MR) is 88.1 cm³/mol. The van der Waals surface area contributed by atoms with Crippen molar-refractivity contribution in [1.82, 2.24) is 0 Å². The van der Waals surface area contributed by atoms with E-state index < -0.39 is 5.97 Å². The van der Waals surface area contributed by atoms with Crippen molar-refractivity contribution in [3.05, 3.63) is 39.7 Å². The largest absolute Gasteiger partial charge is 0.465 e. The maximum atomic E-state index is 12.0. The molecule has 7 heteroatoms. The van der Waals surface area contributed by atoms with E-state index in [2.05, 4.69) is 21.2 Å². The summed E-state index contributed by atoms with van der Waals surface area (Å²) in [6.45, 7) is 0. The molecule has 0 aliphatic carbocycles. The molecule has 0 aliphatic heterocycles. The van der Waals surface area contributed by atoms with E-state index in [0.717, 1.165) is 10.0 Å². The van der Waals surface area contributed by atoms with Crippen LogP contribution in [0.4, 0.5) is 5.00 Å². The van der Waals surface area contributed by atoms with Crippen LogP contribution in [0.2, 0.25) is 0 Å². The number of hydrogen-bond donors (Lipinski definition) is 1. The number of halogens is 2. The third-order valence-electron chi connectivity index (χ3n) is 2.71. The minimum atomic E-state index is -0.501. The van der Waals surface area contributed by atoms with Crippen LogP contribution in [-0.2, 0) is 9.53 Å². The molecule has 0 saturated heterocycles. The lowest BCUT2D eigenvalue weighted by Gasteiger charge is -2.07. The van der Waals surface area contributed by atoms with Crippen LogP contribution in [0.15, 0.2) is 34.1 Å². The first-order valence-corrected chi connectivity index (χ1v) is 8.09. The van der Waals surface area contributed by atoms with Crippen LogP contribution in [0.3, 0.4) is 0 Å². The zero-order chi connectivity index (χ0) is 15.4. The maximum Gasteiger partial charge on any atom is 0.341 e. The minimum absolute atomic E-state index is 0.174. The van der Waals surface area contributed by atoms with Gasteiger partial charge in [-0.05, 0) is 17.7 Å². The van der Waals surface area contributed by atoms with Crippen LogP contribution in [0.5, 0.6) is 0 Å². The highest BCUT2D eigenvalue weighted by Crippen LogP contribution is 2.36. The van der Waals surface area contributed by atoms with E-state index in [9.17, 15) is 9.59 Å². The number of ether oxygens (including phenoxy) is 1. The van der Waals surface area contributed by atoms with Crippen molar-refractivity contribution in [2.45, 2.75) is 0 Å². The lowest BCUT2D eigenvalue weighted by atomic mass is 10.0. The number of carbonyl (C=O) groups excluding carboxylic acids is 2. The molecule has 2 aromatic rings. The average Bonchev–Trinajstić information content (AvgIpc) is 2.90. The monoisotopic (exact) mass is 387 g/mol. The molecule has 0 bridgehead atoms. The van der Waals surface area contributed by atoms with Gasteiger partial charge in [-0.2, -0.15) is 0 Å². The number of amides is 1. The molecule has 0 spiro atoms. The van der Waals surface area contributed by atoms with Gasteiger partial charge >= 0.3 is 5.97 Å². The van der Waals surface area contributed by atoms with Crippen LogP contribution < -0.4 is 5.32 Å². The molecule has 1 amide bonds. The Hall–Kier alpha value is -1.37. The zero-order valence-corrected chi connectivity index (χ0v) is 14.1. The predicted octanol–water partition coefficient (Wildman–Crippen LogP) is 4.14. The molecule has 0 atom stereocenters. The summed E-state index contributed by atoms with van der Waals surface area (Å²) < 4.78 is 5.75. The Bertz CT molecular complexity index is 669. The van der Waals surface area contributed by atoms with E-state index in [0.29, 0.717) is 16.1 Å². The van der Waals surface area contributed by atoms with Gasteiger partial charge in [0.05, 0.1) is 7.11 Å². The number of benzene rings is 1. The van der Waals surface area contributed by atoms with Gasteiger partial charge in [0.25, 0.3) is 0 Å². The van der Waals surface area contributed by atoms with Gasteiger partial charge in [-0.3, -0.25) is 4.79 Å². The number of thiophene rings is 1. The van der Waals surface area contributed by atoms with Crippen molar-refractivity contribution in [2.24, 2.45) is 0 Å². The van der Waals surface area contributed by atoms with Crippen LogP contribution in [0.1, 0.15) is 10.4 Å². The van der Waals surface area contributed by atoms with Crippen molar-refractivity contribution in [1.29, 1.82) is 0 Å². The molecule has 1 aromatic heterocycles. The Morgan fingerprint density at radius 1 is 1.33 bits per heavy atom. The van der Waals surface area contributed by atoms with Crippen LogP contribution in [-0.4, -0.2) is 24.9 Å². The summed E-state index contributed by atoms with van der Waals surface area (Å²) in [4.78, 5) is 23.5. The fraction of sp³-hybridized carbons (Fsp3) is 0.143. The van der Waals surface area contributed by atoms with Crippen molar-refractivity contribution in [3.8, 4) is 11.1 Å². The molecular weight excluding hydrogens is 378 g/mol. The highest BCUT2D eigenvalue weighted by molar-refractivity contribution is 9.10. The normalized spacial score (nSPS) is 10.2. The maximum absolute atomic E-state index is 12.0. The van der Waals surface area contributed by atoms with Crippen molar-refractivity contribution in [2.75, 3.05) is 18.3 Å². The summed E-state index contributed by atoms with van der Waals surface area (Å²) in [5, 5.41) is 4.85. The van der Waals surface area contributed by atoms with E-state index in [1.54, 1.807) is 5.38 Å². The van der Waals surface area contributed by atoms with Gasteiger partial charge in [0.2, 0.25) is 5.91 Å². The summed E-state index contributed by atoms with van der Waals surface area (Å²) in [5.41, 5.74) is 1.91. The van der Waals surface area contributed by atoms with Gasteiger partial charge in [-0.25, -0.2) is 4.79 Å². The summed E-state index contributed by atoms with van der Waals surface area (Å²) in [7, 11) is 1.30. The first-order valence-electron chi connectivity index (χ1n) is 5.88. The Labute approximate surface area is 139 Å². The van der Waals surface area contributed by atoms with Crippen LogP contribution >= 0.6 is 38.9 Å². The molecule has 4 nitrogen and oxygen atoms in total. The molecule has 0 aliphatic rings. The lowest BCUT2D eigenvalue weighted by molar-refractivity contribution is -0.113. The van der Waals surface area contributed by atoms with E-state index in [4.69, 9.17) is 16.3 Å². The number of nitrogens with one attached hydrogen (secondary N) is 1. The van der Waals surface area contributed by atoms with Gasteiger partial charge in [0, 0.05) is 15.4 Å². The van der Waals surface area contributed by atoms with Crippen molar-refractivity contribution >= 4 is 55.7 Å². The molecule has 1 N–H and O–H groups in total. The van der Waals surface area contributed by atoms with Crippen molar-refractivity contribution < 1.29 is 14.3 Å². The summed E-state index contributed by atoms with van der Waals surface area (Å²) in [6.07, 6.45) is 0. The zero-order valence-electron chi connectivity index (χ0n) is 11.0. The van der Waals surface area contributed by atoms with E-state index in [-0.39, 0.29) is 11.8 Å². The first-order chi connectivity index (χ1) is 10.1. The quantitative estimate of drug-likeness (QED) is 0.632. The van der Waals surface area contributed by atoms with Gasteiger partial charge in [0.1, 0.15) is 16.4 Å². The minimum Gasteiger partial charge on any atom is -0.465 e. The van der Waals surface area contributed by atoms with E-state index >= 15 is 0 Å². The molecule has 0 radical (unpaired) electrons. The second-order valence-electron chi connectivity index (χ2n) is 4.03. The summed E-state index contributed by atoms with van der Waals surface area (Å²) in [5.74, 6) is -1.04. The molecule has 0 saturated carbocycles. The second kappa shape index (κ2) is 7.06. The van der Waals surface area contributed by atoms with Gasteiger partial charge in [-0.1, -0.05) is 28.1 Å². The highest BCUT2D eigenvalue weighted by Gasteiger charge is 2.22. The third kappa shape index (κ3) is 3.64. The molecular formula is C14H11BrClNO3S. The first kappa shape index (κ1) is 16.0. The Morgan fingerprint density at radius 3 is 2.57 bits per heavy atom. The Morgan fingerprint density at radius 2 is 2.00 bits per heavy atom. The molecule has 1 heterocycles.